The molecule has 5 rings (SSSR count). The molecule has 2 aromatic carbocycles. The molecule has 0 radical (unpaired) electrons. The van der Waals surface area contributed by atoms with Crippen LogP contribution in [-0.4, -0.2) is 65.7 Å². The van der Waals surface area contributed by atoms with Crippen LogP contribution in [0.4, 0.5) is 20.7 Å². The molecule has 0 saturated carbocycles. The first-order chi connectivity index (χ1) is 19.2. The van der Waals surface area contributed by atoms with Crippen molar-refractivity contribution in [2.45, 2.75) is 26.2 Å². The number of nitrogens with one attached hydrogen (secondary N) is 3. The molecular formula is C29H33FN6O4. The smallest absolute Gasteiger partial charge is 0.325 e. The number of rotatable bonds is 8. The molecule has 11 heteroatoms. The van der Waals surface area contributed by atoms with Crippen molar-refractivity contribution in [2.75, 3.05) is 50.1 Å². The molecule has 1 aliphatic heterocycles. The molecule has 1 aliphatic rings. The topological polar surface area (TPSA) is 118 Å². The quantitative estimate of drug-likeness (QED) is 0.265. The number of morpholine rings is 1. The van der Waals surface area contributed by atoms with Crippen molar-refractivity contribution in [1.29, 1.82) is 0 Å². The van der Waals surface area contributed by atoms with Crippen LogP contribution in [0.25, 0.3) is 22.5 Å². The number of benzene rings is 2. The highest BCUT2D eigenvalue weighted by Crippen LogP contribution is 2.28. The minimum absolute atomic E-state index is 0.0285. The highest BCUT2D eigenvalue weighted by Gasteiger charge is 2.20. The summed E-state index contributed by atoms with van der Waals surface area (Å²) in [6.07, 6.45) is 0. The van der Waals surface area contributed by atoms with Gasteiger partial charge in [0.1, 0.15) is 23.9 Å². The Balaban J connectivity index is 1.16. The second-order valence-electron chi connectivity index (χ2n) is 10.6. The number of aromatic amines is 1. The van der Waals surface area contributed by atoms with E-state index in [9.17, 15) is 9.18 Å². The molecule has 1 saturated heterocycles. The van der Waals surface area contributed by atoms with E-state index in [1.807, 2.05) is 51.1 Å². The van der Waals surface area contributed by atoms with Crippen molar-refractivity contribution in [2.24, 2.45) is 0 Å². The predicted molar refractivity (Wildman–Crippen MR) is 150 cm³/mol. The Morgan fingerprint density at radius 3 is 2.50 bits per heavy atom. The Bertz CT molecular complexity index is 1440. The van der Waals surface area contributed by atoms with Crippen molar-refractivity contribution >= 4 is 17.5 Å². The van der Waals surface area contributed by atoms with Gasteiger partial charge in [0.2, 0.25) is 0 Å². The first-order valence-electron chi connectivity index (χ1n) is 13.2. The van der Waals surface area contributed by atoms with Gasteiger partial charge in [0.15, 0.2) is 5.82 Å². The lowest BCUT2D eigenvalue weighted by atomic mass is 9.93. The van der Waals surface area contributed by atoms with E-state index in [0.29, 0.717) is 23.6 Å². The Kier molecular flexibility index (Phi) is 8.13. The van der Waals surface area contributed by atoms with Crippen LogP contribution in [0.15, 0.2) is 59.1 Å². The van der Waals surface area contributed by atoms with Gasteiger partial charge in [0, 0.05) is 36.7 Å². The Morgan fingerprint density at radius 1 is 1.05 bits per heavy atom. The summed E-state index contributed by atoms with van der Waals surface area (Å²) < 4.78 is 31.4. The molecule has 40 heavy (non-hydrogen) atoms. The fourth-order valence-corrected chi connectivity index (χ4v) is 4.20. The third-order valence-electron chi connectivity index (χ3n) is 6.53. The molecule has 0 unspecified atom stereocenters. The summed E-state index contributed by atoms with van der Waals surface area (Å²) >= 11 is 0. The van der Waals surface area contributed by atoms with Crippen molar-refractivity contribution in [3.63, 3.8) is 0 Å². The maximum Gasteiger partial charge on any atom is 0.325 e. The first-order valence-corrected chi connectivity index (χ1v) is 13.2. The number of aromatic nitrogens is 3. The van der Waals surface area contributed by atoms with Gasteiger partial charge in [0.05, 0.1) is 30.3 Å². The van der Waals surface area contributed by atoms with E-state index in [1.165, 1.54) is 12.1 Å². The van der Waals surface area contributed by atoms with Gasteiger partial charge >= 0.3 is 6.03 Å². The third-order valence-corrected chi connectivity index (χ3v) is 6.53. The standard InChI is InChI=1S/C29H33FN6O4/c1-29(2,3)26-18-27(35-40-26)32-28(37)31-23-9-6-20(16-22(23)30)25-17-24(33-34-25)19-4-7-21(8-5-19)39-15-12-36-10-13-38-14-11-36/h4-9,16-18H,10-15H2,1-3H3,(H,33,34)(H2,31,32,35,37). The number of hydrogen-bond donors (Lipinski definition) is 3. The van der Waals surface area contributed by atoms with Gasteiger partial charge in [-0.05, 0) is 48.0 Å². The molecular weight excluding hydrogens is 515 g/mol. The minimum atomic E-state index is -0.629. The van der Waals surface area contributed by atoms with Crippen LogP contribution < -0.4 is 15.4 Å². The maximum atomic E-state index is 14.9. The van der Waals surface area contributed by atoms with Gasteiger partial charge in [-0.2, -0.15) is 5.10 Å². The number of amides is 2. The fourth-order valence-electron chi connectivity index (χ4n) is 4.20. The van der Waals surface area contributed by atoms with Gasteiger partial charge in [-0.1, -0.05) is 32.0 Å². The summed E-state index contributed by atoms with van der Waals surface area (Å²) in [6, 6.07) is 15.1. The van der Waals surface area contributed by atoms with Gasteiger partial charge in [-0.15, -0.1) is 0 Å². The van der Waals surface area contributed by atoms with Crippen molar-refractivity contribution in [3.05, 3.63) is 66.2 Å². The highest BCUT2D eigenvalue weighted by molar-refractivity contribution is 5.99. The molecule has 10 nitrogen and oxygen atoms in total. The van der Waals surface area contributed by atoms with E-state index < -0.39 is 11.8 Å². The van der Waals surface area contributed by atoms with Crippen molar-refractivity contribution in [3.8, 4) is 28.3 Å². The lowest BCUT2D eigenvalue weighted by molar-refractivity contribution is 0.0322. The number of urea groups is 1. The molecule has 0 aliphatic carbocycles. The summed E-state index contributed by atoms with van der Waals surface area (Å²) in [7, 11) is 0. The van der Waals surface area contributed by atoms with E-state index >= 15 is 0 Å². The average molecular weight is 549 g/mol. The van der Waals surface area contributed by atoms with Crippen LogP contribution >= 0.6 is 0 Å². The number of hydrogen-bond acceptors (Lipinski definition) is 7. The molecule has 2 amide bonds. The van der Waals surface area contributed by atoms with Crippen LogP contribution in [0.1, 0.15) is 26.5 Å². The molecule has 3 N–H and O–H groups in total. The number of carbonyl (C=O) groups excluding carboxylic acids is 1. The minimum Gasteiger partial charge on any atom is -0.492 e. The zero-order chi connectivity index (χ0) is 28.1. The van der Waals surface area contributed by atoms with Crippen molar-refractivity contribution in [1.82, 2.24) is 20.3 Å². The molecule has 3 heterocycles. The predicted octanol–water partition coefficient (Wildman–Crippen LogP) is 5.52. The molecule has 1 fully saturated rings. The summed E-state index contributed by atoms with van der Waals surface area (Å²) in [5.41, 5.74) is 2.64. The molecule has 2 aromatic heterocycles. The summed E-state index contributed by atoms with van der Waals surface area (Å²) in [5, 5.41) is 16.2. The average Bonchev–Trinajstić information content (AvgIpc) is 3.61. The zero-order valence-corrected chi connectivity index (χ0v) is 22.8. The van der Waals surface area contributed by atoms with Crippen molar-refractivity contribution < 1.29 is 23.2 Å². The summed E-state index contributed by atoms with van der Waals surface area (Å²) in [5.74, 6) is 1.08. The second-order valence-corrected chi connectivity index (χ2v) is 10.6. The number of ether oxygens (including phenoxy) is 2. The van der Waals surface area contributed by atoms with E-state index in [-0.39, 0.29) is 16.9 Å². The monoisotopic (exact) mass is 548 g/mol. The van der Waals surface area contributed by atoms with Crippen LogP contribution in [0, 0.1) is 5.82 Å². The van der Waals surface area contributed by atoms with E-state index in [4.69, 9.17) is 14.0 Å². The number of halogens is 1. The van der Waals surface area contributed by atoms with Crippen LogP contribution in [0.3, 0.4) is 0 Å². The molecule has 0 spiro atoms. The van der Waals surface area contributed by atoms with E-state index in [1.54, 1.807) is 12.1 Å². The summed E-state index contributed by atoms with van der Waals surface area (Å²) in [6.45, 7) is 10.8. The van der Waals surface area contributed by atoms with Crippen LogP contribution in [0.5, 0.6) is 5.75 Å². The van der Waals surface area contributed by atoms with Gasteiger partial charge in [-0.25, -0.2) is 9.18 Å². The molecule has 4 aromatic rings. The van der Waals surface area contributed by atoms with Crippen LogP contribution in [0.2, 0.25) is 0 Å². The zero-order valence-electron chi connectivity index (χ0n) is 22.8. The number of H-pyrrole nitrogens is 1. The molecule has 0 bridgehead atoms. The van der Waals surface area contributed by atoms with E-state index in [0.717, 1.165) is 49.9 Å². The lowest BCUT2D eigenvalue weighted by Gasteiger charge is -2.26. The Labute approximate surface area is 231 Å². The largest absolute Gasteiger partial charge is 0.492 e. The number of anilines is 2. The maximum absolute atomic E-state index is 14.9. The Morgan fingerprint density at radius 2 is 1.80 bits per heavy atom. The van der Waals surface area contributed by atoms with Crippen LogP contribution in [-0.2, 0) is 10.2 Å². The normalized spacial score (nSPS) is 14.2. The SMILES string of the molecule is CC(C)(C)c1cc(NC(=O)Nc2ccc(-c3cc(-c4ccc(OCCN5CCOCC5)cc4)[nH]n3)cc2F)no1. The highest BCUT2D eigenvalue weighted by atomic mass is 19.1. The third kappa shape index (κ3) is 6.85. The number of nitrogens with zero attached hydrogens (tertiary/aromatic N) is 3. The van der Waals surface area contributed by atoms with Gasteiger partial charge in [-0.3, -0.25) is 15.3 Å². The first kappa shape index (κ1) is 27.4. The number of carbonyl (C=O) groups is 1. The molecule has 210 valence electrons. The fraction of sp³-hybridized carbons (Fsp3) is 0.345. The molecule has 0 atom stereocenters. The lowest BCUT2D eigenvalue weighted by Crippen LogP contribution is -2.38. The van der Waals surface area contributed by atoms with Gasteiger partial charge < -0.3 is 19.3 Å². The Hall–Kier alpha value is -4.22. The van der Waals surface area contributed by atoms with E-state index in [2.05, 4.69) is 30.9 Å². The summed E-state index contributed by atoms with van der Waals surface area (Å²) in [4.78, 5) is 14.7. The van der Waals surface area contributed by atoms with Gasteiger partial charge in [0.25, 0.3) is 0 Å². The second kappa shape index (κ2) is 11.9.